The highest BCUT2D eigenvalue weighted by molar-refractivity contribution is 4.99. The van der Waals surface area contributed by atoms with Crippen molar-refractivity contribution in [3.63, 3.8) is 0 Å². The second-order valence-corrected chi connectivity index (χ2v) is 6.43. The lowest BCUT2D eigenvalue weighted by atomic mass is 9.62. The monoisotopic (exact) mass is 252 g/mol. The largest absolute Gasteiger partial charge is 0.392 e. The van der Waals surface area contributed by atoms with Gasteiger partial charge in [0.1, 0.15) is 0 Å². The van der Waals surface area contributed by atoms with E-state index in [0.717, 1.165) is 0 Å². The molecule has 0 spiro atoms. The fourth-order valence-electron chi connectivity index (χ4n) is 2.92. The Morgan fingerprint density at radius 2 is 2.06 bits per heavy atom. The molecule has 0 bridgehead atoms. The van der Waals surface area contributed by atoms with E-state index in [1.54, 1.807) is 27.7 Å². The lowest BCUT2D eigenvalue weighted by Gasteiger charge is -2.51. The van der Waals surface area contributed by atoms with E-state index in [2.05, 4.69) is 0 Å². The van der Waals surface area contributed by atoms with Crippen molar-refractivity contribution < 1.29 is 18.0 Å². The first-order valence-electron chi connectivity index (χ1n) is 7.51. The Kier molecular flexibility index (Phi) is 3.02. The topological polar surface area (TPSA) is 23.5 Å². The average molecular weight is 252 g/mol. The standard InChI is InChI=1S/C13H25F2NO/c1-12(2,3)11(17)13(4)8-16(5)7-6-9(13)10(14)15/h9-11,17H,6-8H2,1-5H3/t9-,11?,13-/m1/s1/i5D3. The van der Waals surface area contributed by atoms with E-state index < -0.39 is 36.3 Å². The zero-order valence-corrected chi connectivity index (χ0v) is 11.0. The maximum absolute atomic E-state index is 13.3. The number of hydrogen-bond donors (Lipinski definition) is 1. The van der Waals surface area contributed by atoms with Crippen molar-refractivity contribution >= 4 is 0 Å². The van der Waals surface area contributed by atoms with Gasteiger partial charge in [-0.2, -0.15) is 0 Å². The molecular weight excluding hydrogens is 224 g/mol. The number of hydrogen-bond acceptors (Lipinski definition) is 2. The molecule has 0 saturated carbocycles. The normalized spacial score (nSPS) is 37.4. The van der Waals surface area contributed by atoms with E-state index >= 15 is 0 Å². The Hall–Kier alpha value is -0.220. The number of nitrogens with zero attached hydrogens (tertiary/aromatic N) is 1. The van der Waals surface area contributed by atoms with E-state index in [9.17, 15) is 13.9 Å². The third kappa shape index (κ3) is 2.97. The molecule has 1 unspecified atom stereocenters. The lowest BCUT2D eigenvalue weighted by molar-refractivity contribution is -0.140. The lowest BCUT2D eigenvalue weighted by Crippen LogP contribution is -2.57. The molecule has 0 aromatic rings. The van der Waals surface area contributed by atoms with E-state index in [4.69, 9.17) is 4.11 Å². The van der Waals surface area contributed by atoms with Crippen LogP contribution in [0, 0.1) is 16.7 Å². The zero-order chi connectivity index (χ0) is 15.9. The summed E-state index contributed by atoms with van der Waals surface area (Å²) in [5.74, 6) is -0.990. The van der Waals surface area contributed by atoms with E-state index in [0.29, 0.717) is 0 Å². The highest BCUT2D eigenvalue weighted by Crippen LogP contribution is 2.46. The molecule has 3 atom stereocenters. The van der Waals surface area contributed by atoms with Crippen molar-refractivity contribution in [1.82, 2.24) is 4.90 Å². The summed E-state index contributed by atoms with van der Waals surface area (Å²) >= 11 is 0. The van der Waals surface area contributed by atoms with E-state index in [1.165, 1.54) is 4.90 Å². The van der Waals surface area contributed by atoms with Gasteiger partial charge in [0, 0.05) is 22.0 Å². The molecular formula is C13H25F2NO. The fourth-order valence-corrected chi connectivity index (χ4v) is 2.92. The molecule has 102 valence electrons. The van der Waals surface area contributed by atoms with Crippen molar-refractivity contribution in [2.45, 2.75) is 46.6 Å². The Morgan fingerprint density at radius 3 is 2.47 bits per heavy atom. The van der Waals surface area contributed by atoms with Crippen molar-refractivity contribution in [1.29, 1.82) is 0 Å². The van der Waals surface area contributed by atoms with Gasteiger partial charge >= 0.3 is 0 Å². The van der Waals surface area contributed by atoms with Gasteiger partial charge < -0.3 is 10.0 Å². The minimum absolute atomic E-state index is 0.0447. The molecule has 1 aliphatic rings. The van der Waals surface area contributed by atoms with Gasteiger partial charge in [0.05, 0.1) is 6.10 Å². The minimum atomic E-state index is -2.56. The maximum atomic E-state index is 13.3. The van der Waals surface area contributed by atoms with Crippen LogP contribution in [0.4, 0.5) is 8.78 Å². The van der Waals surface area contributed by atoms with Crippen LogP contribution in [0.15, 0.2) is 0 Å². The third-order valence-corrected chi connectivity index (χ3v) is 3.84. The highest BCUT2D eigenvalue weighted by atomic mass is 19.3. The molecule has 2 nitrogen and oxygen atoms in total. The quantitative estimate of drug-likeness (QED) is 0.816. The van der Waals surface area contributed by atoms with Gasteiger partial charge in [-0.05, 0) is 25.4 Å². The summed E-state index contributed by atoms with van der Waals surface area (Å²) < 4.78 is 49.0. The van der Waals surface area contributed by atoms with Crippen molar-refractivity contribution in [3.05, 3.63) is 0 Å². The predicted octanol–water partition coefficient (Wildman–Crippen LogP) is 2.62. The van der Waals surface area contributed by atoms with Gasteiger partial charge in [0.2, 0.25) is 6.43 Å². The summed E-state index contributed by atoms with van der Waals surface area (Å²) in [6.45, 7) is 4.66. The Morgan fingerprint density at radius 1 is 1.47 bits per heavy atom. The summed E-state index contributed by atoms with van der Waals surface area (Å²) in [5.41, 5.74) is -1.72. The average Bonchev–Trinajstić information content (AvgIpc) is 2.24. The van der Waals surface area contributed by atoms with Crippen LogP contribution >= 0.6 is 0 Å². The van der Waals surface area contributed by atoms with Crippen LogP contribution in [0.3, 0.4) is 0 Å². The van der Waals surface area contributed by atoms with Crippen LogP contribution < -0.4 is 0 Å². The van der Waals surface area contributed by atoms with Gasteiger partial charge in [-0.15, -0.1) is 0 Å². The molecule has 0 aromatic carbocycles. The predicted molar refractivity (Wildman–Crippen MR) is 65.2 cm³/mol. The van der Waals surface area contributed by atoms with Crippen molar-refractivity contribution in [2.75, 3.05) is 20.1 Å². The van der Waals surface area contributed by atoms with Crippen LogP contribution in [0.1, 0.15) is 38.2 Å². The number of likely N-dealkylation sites (tertiary alicyclic amines) is 1. The van der Waals surface area contributed by atoms with Crippen LogP contribution in [-0.2, 0) is 0 Å². The number of aliphatic hydroxyl groups is 1. The molecule has 1 fully saturated rings. The van der Waals surface area contributed by atoms with Crippen molar-refractivity contribution in [2.24, 2.45) is 16.7 Å². The molecule has 4 heteroatoms. The molecule has 0 radical (unpaired) electrons. The first-order valence-corrected chi connectivity index (χ1v) is 6.01. The number of aliphatic hydroxyl groups excluding tert-OH is 1. The molecule has 0 aliphatic carbocycles. The summed E-state index contributed by atoms with van der Waals surface area (Å²) in [4.78, 5) is 1.22. The second kappa shape index (κ2) is 4.81. The molecule has 17 heavy (non-hydrogen) atoms. The molecule has 1 saturated heterocycles. The van der Waals surface area contributed by atoms with Gasteiger partial charge in [0.25, 0.3) is 0 Å². The number of piperidine rings is 1. The van der Waals surface area contributed by atoms with Gasteiger partial charge in [0.15, 0.2) is 0 Å². The summed E-state index contributed by atoms with van der Waals surface area (Å²) in [6.07, 6.45) is -3.48. The minimum Gasteiger partial charge on any atom is -0.392 e. The van der Waals surface area contributed by atoms with Crippen LogP contribution in [0.2, 0.25) is 0 Å². The Bertz CT molecular complexity index is 339. The molecule has 0 amide bonds. The molecule has 0 aromatic heterocycles. The van der Waals surface area contributed by atoms with E-state index in [-0.39, 0.29) is 19.5 Å². The van der Waals surface area contributed by atoms with E-state index in [1.807, 2.05) is 0 Å². The summed E-state index contributed by atoms with van der Waals surface area (Å²) in [5, 5.41) is 10.5. The van der Waals surface area contributed by atoms with Crippen LogP contribution in [0.5, 0.6) is 0 Å². The number of rotatable bonds is 2. The second-order valence-electron chi connectivity index (χ2n) is 6.43. The van der Waals surface area contributed by atoms with Gasteiger partial charge in [-0.3, -0.25) is 0 Å². The third-order valence-electron chi connectivity index (χ3n) is 3.84. The first kappa shape index (κ1) is 10.7. The zero-order valence-electron chi connectivity index (χ0n) is 14.0. The highest BCUT2D eigenvalue weighted by Gasteiger charge is 2.51. The van der Waals surface area contributed by atoms with Crippen LogP contribution in [0.25, 0.3) is 0 Å². The Balaban J connectivity index is 3.11. The van der Waals surface area contributed by atoms with Crippen molar-refractivity contribution in [3.8, 4) is 0 Å². The van der Waals surface area contributed by atoms with Gasteiger partial charge in [-0.1, -0.05) is 27.7 Å². The Labute approximate surface area is 107 Å². The first-order chi connectivity index (χ1) is 8.80. The molecule has 1 N–H and O–H groups in total. The number of halogens is 2. The SMILES string of the molecule is [2H]C([2H])([2H])N1CC[C@H](C(F)F)[C@](C)(C(O)C(C)(C)C)C1. The molecule has 1 aliphatic heterocycles. The summed E-state index contributed by atoms with van der Waals surface area (Å²) in [6, 6.07) is 0. The fraction of sp³-hybridized carbons (Fsp3) is 1.00. The number of alkyl halides is 2. The van der Waals surface area contributed by atoms with Gasteiger partial charge in [-0.25, -0.2) is 8.78 Å². The maximum Gasteiger partial charge on any atom is 0.242 e. The van der Waals surface area contributed by atoms with Crippen LogP contribution in [-0.4, -0.2) is 42.6 Å². The molecule has 1 rings (SSSR count). The summed E-state index contributed by atoms with van der Waals surface area (Å²) in [7, 11) is 0. The smallest absolute Gasteiger partial charge is 0.242 e. The molecule has 1 heterocycles.